The van der Waals surface area contributed by atoms with Crippen LogP contribution < -0.4 is 4.74 Å². The Kier molecular flexibility index (Phi) is 6.65. The van der Waals surface area contributed by atoms with Crippen molar-refractivity contribution in [3.63, 3.8) is 0 Å². The van der Waals surface area contributed by atoms with Gasteiger partial charge in [0.15, 0.2) is 17.4 Å². The summed E-state index contributed by atoms with van der Waals surface area (Å²) >= 11 is 0. The van der Waals surface area contributed by atoms with Crippen LogP contribution in [0, 0.1) is 11.6 Å². The van der Waals surface area contributed by atoms with Crippen molar-refractivity contribution in [1.29, 1.82) is 0 Å². The zero-order valence-corrected chi connectivity index (χ0v) is 18.3. The Morgan fingerprint density at radius 2 is 1.19 bits per heavy atom. The van der Waals surface area contributed by atoms with Crippen molar-refractivity contribution in [2.45, 2.75) is 26.2 Å². The van der Waals surface area contributed by atoms with Gasteiger partial charge in [-0.2, -0.15) is 0 Å². The highest BCUT2D eigenvalue weighted by atomic mass is 19.1. The number of halogens is 2. The van der Waals surface area contributed by atoms with Crippen LogP contribution in [0.4, 0.5) is 8.78 Å². The summed E-state index contributed by atoms with van der Waals surface area (Å²) in [5, 5.41) is 0. The fourth-order valence-corrected chi connectivity index (χ4v) is 3.95. The third kappa shape index (κ3) is 4.88. The van der Waals surface area contributed by atoms with Crippen LogP contribution in [0.3, 0.4) is 0 Å². The molecule has 0 bridgehead atoms. The Balaban J connectivity index is 1.48. The summed E-state index contributed by atoms with van der Waals surface area (Å²) in [6, 6.07) is 29.5. The van der Waals surface area contributed by atoms with Gasteiger partial charge in [-0.1, -0.05) is 85.8 Å². The van der Waals surface area contributed by atoms with Crippen molar-refractivity contribution in [1.82, 2.24) is 0 Å². The second kappa shape index (κ2) is 9.78. The molecule has 1 nitrogen and oxygen atoms in total. The van der Waals surface area contributed by atoms with Crippen LogP contribution in [-0.4, -0.2) is 6.61 Å². The molecule has 0 spiro atoms. The van der Waals surface area contributed by atoms with E-state index in [0.29, 0.717) is 11.5 Å². The Morgan fingerprint density at radius 1 is 0.688 bits per heavy atom. The van der Waals surface area contributed by atoms with Gasteiger partial charge in [-0.15, -0.1) is 0 Å². The van der Waals surface area contributed by atoms with Crippen molar-refractivity contribution in [2.24, 2.45) is 0 Å². The van der Waals surface area contributed by atoms with Gasteiger partial charge in [0, 0.05) is 0 Å². The Labute approximate surface area is 188 Å². The molecule has 32 heavy (non-hydrogen) atoms. The van der Waals surface area contributed by atoms with E-state index in [1.54, 1.807) is 6.92 Å². The largest absolute Gasteiger partial charge is 0.488 e. The lowest BCUT2D eigenvalue weighted by molar-refractivity contribution is 0.303. The highest BCUT2D eigenvalue weighted by Crippen LogP contribution is 2.31. The third-order valence-corrected chi connectivity index (χ3v) is 5.70. The first-order chi connectivity index (χ1) is 15.5. The number of benzene rings is 4. The van der Waals surface area contributed by atoms with E-state index in [4.69, 9.17) is 4.74 Å². The molecule has 0 aliphatic heterocycles. The molecular formula is C29H26F2O. The van der Waals surface area contributed by atoms with Crippen LogP contribution in [0.5, 0.6) is 5.75 Å². The molecular weight excluding hydrogens is 402 g/mol. The van der Waals surface area contributed by atoms with Crippen molar-refractivity contribution in [3.05, 3.63) is 114 Å². The Morgan fingerprint density at radius 3 is 1.72 bits per heavy atom. The van der Waals surface area contributed by atoms with E-state index in [0.717, 1.165) is 23.1 Å². The average molecular weight is 429 g/mol. The quantitative estimate of drug-likeness (QED) is 0.289. The lowest BCUT2D eigenvalue weighted by atomic mass is 9.92. The predicted octanol–water partition coefficient (Wildman–Crippen LogP) is 8.04. The molecule has 1 atom stereocenters. The second-order valence-corrected chi connectivity index (χ2v) is 7.99. The van der Waals surface area contributed by atoms with Gasteiger partial charge in [-0.05, 0) is 64.8 Å². The first-order valence-corrected chi connectivity index (χ1v) is 10.9. The fraction of sp³-hybridized carbons (Fsp3) is 0.172. The summed E-state index contributed by atoms with van der Waals surface area (Å²) in [6.07, 6.45) is 0.984. The van der Waals surface area contributed by atoms with Gasteiger partial charge >= 0.3 is 0 Å². The normalized spacial score (nSPS) is 11.9. The van der Waals surface area contributed by atoms with Crippen LogP contribution in [0.25, 0.3) is 22.3 Å². The van der Waals surface area contributed by atoms with E-state index in [9.17, 15) is 8.78 Å². The van der Waals surface area contributed by atoms with E-state index >= 15 is 0 Å². The second-order valence-electron chi connectivity index (χ2n) is 7.99. The Bertz CT molecular complexity index is 1140. The highest BCUT2D eigenvalue weighted by Gasteiger charge is 2.13. The van der Waals surface area contributed by atoms with Gasteiger partial charge < -0.3 is 4.74 Å². The zero-order chi connectivity index (χ0) is 22.5. The minimum atomic E-state index is -0.689. The van der Waals surface area contributed by atoms with Crippen LogP contribution in [0.1, 0.15) is 30.9 Å². The molecule has 0 aliphatic carbocycles. The maximum atomic E-state index is 14.2. The molecule has 0 radical (unpaired) electrons. The first kappa shape index (κ1) is 21.8. The molecule has 4 aromatic carbocycles. The van der Waals surface area contributed by atoms with E-state index in [2.05, 4.69) is 55.5 Å². The van der Waals surface area contributed by atoms with E-state index in [1.165, 1.54) is 23.3 Å². The zero-order valence-electron chi connectivity index (χ0n) is 18.3. The number of hydrogen-bond donors (Lipinski definition) is 0. The molecule has 0 N–H and O–H groups in total. The number of rotatable bonds is 7. The van der Waals surface area contributed by atoms with Crippen LogP contribution in [0.2, 0.25) is 0 Å². The van der Waals surface area contributed by atoms with Gasteiger partial charge in [0.2, 0.25) is 0 Å². The minimum Gasteiger partial charge on any atom is -0.488 e. The molecule has 4 aromatic rings. The fourth-order valence-electron chi connectivity index (χ4n) is 3.95. The summed E-state index contributed by atoms with van der Waals surface area (Å²) < 4.78 is 33.4. The number of hydrogen-bond acceptors (Lipinski definition) is 1. The molecule has 3 heteroatoms. The topological polar surface area (TPSA) is 9.23 Å². The third-order valence-electron chi connectivity index (χ3n) is 5.70. The maximum Gasteiger partial charge on any atom is 0.190 e. The van der Waals surface area contributed by atoms with Crippen molar-refractivity contribution >= 4 is 0 Å². The van der Waals surface area contributed by atoms with Crippen LogP contribution in [0.15, 0.2) is 91.0 Å². The summed E-state index contributed by atoms with van der Waals surface area (Å²) in [5.74, 6) is -1.25. The van der Waals surface area contributed by atoms with E-state index < -0.39 is 11.6 Å². The molecule has 0 saturated heterocycles. The predicted molar refractivity (Wildman–Crippen MR) is 127 cm³/mol. The van der Waals surface area contributed by atoms with Gasteiger partial charge in [-0.25, -0.2) is 8.78 Å². The summed E-state index contributed by atoms with van der Waals surface area (Å²) in [6.45, 7) is 4.16. The standard InChI is InChI=1S/C29H26F2O/c1-3-32-29-27(30)18-26(19-28(29)31)25-15-13-24(14-16-25)23-11-9-21(10-12-23)17-20(2)22-7-5-4-6-8-22/h4-16,18-20H,3,17H2,1-2H3/t20-/m1/s1. The van der Waals surface area contributed by atoms with Gasteiger partial charge in [0.25, 0.3) is 0 Å². The van der Waals surface area contributed by atoms with Crippen molar-refractivity contribution in [3.8, 4) is 28.0 Å². The number of ether oxygens (including phenoxy) is 1. The summed E-state index contributed by atoms with van der Waals surface area (Å²) in [5.41, 5.74) is 6.04. The lowest BCUT2D eigenvalue weighted by Crippen LogP contribution is -1.98. The lowest BCUT2D eigenvalue weighted by Gasteiger charge is -2.12. The van der Waals surface area contributed by atoms with Crippen LogP contribution in [-0.2, 0) is 6.42 Å². The van der Waals surface area contributed by atoms with Gasteiger partial charge in [-0.3, -0.25) is 0 Å². The van der Waals surface area contributed by atoms with Gasteiger partial charge in [0.1, 0.15) is 0 Å². The summed E-state index contributed by atoms with van der Waals surface area (Å²) in [4.78, 5) is 0. The van der Waals surface area contributed by atoms with Crippen LogP contribution >= 0.6 is 0 Å². The van der Waals surface area contributed by atoms with Crippen molar-refractivity contribution in [2.75, 3.05) is 6.61 Å². The molecule has 0 aromatic heterocycles. The molecule has 0 aliphatic rings. The smallest absolute Gasteiger partial charge is 0.190 e. The molecule has 4 rings (SSSR count). The maximum absolute atomic E-state index is 14.2. The van der Waals surface area contributed by atoms with E-state index in [-0.39, 0.29) is 12.4 Å². The van der Waals surface area contributed by atoms with E-state index in [1.807, 2.05) is 30.3 Å². The van der Waals surface area contributed by atoms with Crippen molar-refractivity contribution < 1.29 is 13.5 Å². The highest BCUT2D eigenvalue weighted by molar-refractivity contribution is 5.71. The molecule has 0 heterocycles. The average Bonchev–Trinajstić information content (AvgIpc) is 2.82. The Hall–Kier alpha value is -3.46. The molecule has 162 valence electrons. The minimum absolute atomic E-state index is 0.214. The summed E-state index contributed by atoms with van der Waals surface area (Å²) in [7, 11) is 0. The molecule has 0 saturated carbocycles. The monoisotopic (exact) mass is 428 g/mol. The first-order valence-electron chi connectivity index (χ1n) is 10.9. The molecule has 0 unspecified atom stereocenters. The molecule has 0 fully saturated rings. The molecule has 0 amide bonds. The SMILES string of the molecule is CCOc1c(F)cc(-c2ccc(-c3ccc(C[C@@H](C)c4ccccc4)cc3)cc2)cc1F. The van der Waals surface area contributed by atoms with Gasteiger partial charge in [0.05, 0.1) is 6.61 Å².